The number of nitrogens with zero attached hydrogens (tertiary/aromatic N) is 5. The molecule has 230 valence electrons. The molecule has 1 unspecified atom stereocenters. The van der Waals surface area contributed by atoms with Crippen molar-refractivity contribution in [3.05, 3.63) is 53.6 Å². The number of oxazole rings is 1. The predicted molar refractivity (Wildman–Crippen MR) is 170 cm³/mol. The fourth-order valence-electron chi connectivity index (χ4n) is 5.94. The van der Waals surface area contributed by atoms with Crippen LogP contribution in [0.3, 0.4) is 0 Å². The van der Waals surface area contributed by atoms with Crippen LogP contribution in [0.2, 0.25) is 0 Å². The van der Waals surface area contributed by atoms with E-state index in [0.29, 0.717) is 47.6 Å². The van der Waals surface area contributed by atoms with E-state index in [9.17, 15) is 9.90 Å². The van der Waals surface area contributed by atoms with Gasteiger partial charge < -0.3 is 29.8 Å². The molecule has 4 aromatic rings. The third-order valence-electron chi connectivity index (χ3n) is 8.39. The minimum Gasteiger partial charge on any atom is -0.440 e. The van der Waals surface area contributed by atoms with Gasteiger partial charge >= 0.3 is 0 Å². The first kappa shape index (κ1) is 30.3. The molecule has 2 saturated heterocycles. The third kappa shape index (κ3) is 6.24. The summed E-state index contributed by atoms with van der Waals surface area (Å²) in [6, 6.07) is 3.48. The van der Waals surface area contributed by atoms with Crippen molar-refractivity contribution in [2.24, 2.45) is 0 Å². The average molecular weight is 601 g/mol. The number of aromatic nitrogens is 4. The molecule has 2 fully saturated rings. The molecule has 6 rings (SSSR count). The Morgan fingerprint density at radius 1 is 1.16 bits per heavy atom. The molecular formula is C30H38B2FN7O4. The second-order valence-electron chi connectivity index (χ2n) is 12.7. The highest BCUT2D eigenvalue weighted by molar-refractivity contribution is 6.39. The molecule has 3 N–H and O–H groups in total. The van der Waals surface area contributed by atoms with Gasteiger partial charge in [-0.15, -0.1) is 0 Å². The minimum absolute atomic E-state index is 0.0469. The Morgan fingerprint density at radius 2 is 1.93 bits per heavy atom. The van der Waals surface area contributed by atoms with Crippen molar-refractivity contribution in [2.75, 3.05) is 31.6 Å². The minimum atomic E-state index is -1.43. The average Bonchev–Trinajstić information content (AvgIpc) is 3.75. The van der Waals surface area contributed by atoms with E-state index in [1.807, 2.05) is 6.20 Å². The smallest absolute Gasteiger partial charge is 0.252 e. The lowest BCUT2D eigenvalue weighted by atomic mass is 9.73. The zero-order valence-electron chi connectivity index (χ0n) is 25.9. The van der Waals surface area contributed by atoms with Gasteiger partial charge in [0.25, 0.3) is 5.91 Å². The summed E-state index contributed by atoms with van der Waals surface area (Å²) < 4.78 is 29.1. The first-order valence-electron chi connectivity index (χ1n) is 15.2. The van der Waals surface area contributed by atoms with Crippen LogP contribution in [0.5, 0.6) is 0 Å². The number of aryl methyl sites for hydroxylation is 1. The van der Waals surface area contributed by atoms with Crippen LogP contribution in [0.1, 0.15) is 60.8 Å². The molecular weight excluding hydrogens is 563 g/mol. The van der Waals surface area contributed by atoms with Gasteiger partial charge in [-0.3, -0.25) is 4.79 Å². The van der Waals surface area contributed by atoms with Crippen LogP contribution in [0, 0.1) is 12.7 Å². The number of fused-ring (bicyclic) bond motifs is 1. The maximum atomic E-state index is 15.6. The summed E-state index contributed by atoms with van der Waals surface area (Å²) in [5, 5.41) is 20.6. The molecule has 0 spiro atoms. The number of hydrogen-bond donors (Lipinski definition) is 3. The van der Waals surface area contributed by atoms with Crippen LogP contribution < -0.4 is 10.6 Å². The highest BCUT2D eigenvalue weighted by Crippen LogP contribution is 2.36. The van der Waals surface area contributed by atoms with Gasteiger partial charge in [-0.25, -0.2) is 18.9 Å². The second kappa shape index (κ2) is 12.0. The van der Waals surface area contributed by atoms with E-state index in [4.69, 9.17) is 14.1 Å². The number of nitrogens with one attached hydrogen (secondary N) is 2. The Labute approximate surface area is 257 Å². The maximum absolute atomic E-state index is 15.6. The Hall–Kier alpha value is -3.74. The molecule has 14 heteroatoms. The fraction of sp³-hybridized carbons (Fsp3) is 0.467. The van der Waals surface area contributed by atoms with Crippen molar-refractivity contribution in [3.63, 3.8) is 0 Å². The number of piperidine rings is 1. The lowest BCUT2D eigenvalue weighted by molar-refractivity contribution is 0.0840. The van der Waals surface area contributed by atoms with Gasteiger partial charge in [-0.1, -0.05) is 0 Å². The van der Waals surface area contributed by atoms with Crippen molar-refractivity contribution in [1.82, 2.24) is 29.8 Å². The van der Waals surface area contributed by atoms with Gasteiger partial charge in [-0.05, 0) is 70.8 Å². The number of halogens is 1. The number of hydrogen-bond acceptors (Lipinski definition) is 9. The zero-order chi connectivity index (χ0) is 31.2. The van der Waals surface area contributed by atoms with Gasteiger partial charge in [0.1, 0.15) is 11.6 Å². The standard InChI is InChI=1S/C30H38B2FN7O4/c1-16(2)39-7-4-18(5-8-39)29-34-13-24(44-29)23-14-40-27(37-26(23)36-20-6-9-43-15-20)22(12-35-40)21-11-19(10-17(3)25(21)33)28(41)38-30(31,32)42/h10-14,16,18,20,42H,4-9,15,31-32H2,1-3H3,(H,36,37)(H,38,41). The van der Waals surface area contributed by atoms with E-state index in [0.717, 1.165) is 38.2 Å². The lowest BCUT2D eigenvalue weighted by Crippen LogP contribution is -2.49. The Bertz CT molecular complexity index is 1670. The summed E-state index contributed by atoms with van der Waals surface area (Å²) in [7, 11) is 2.93. The number of ether oxygens (including phenoxy) is 1. The summed E-state index contributed by atoms with van der Waals surface area (Å²) in [5.41, 5.74) is 0.781. The molecule has 3 aromatic heterocycles. The number of anilines is 1. The van der Waals surface area contributed by atoms with Crippen LogP contribution in [-0.2, 0) is 4.74 Å². The Kier molecular flexibility index (Phi) is 8.25. The van der Waals surface area contributed by atoms with E-state index in [1.54, 1.807) is 23.8 Å². The van der Waals surface area contributed by atoms with Gasteiger partial charge in [0.05, 0.1) is 36.1 Å². The first-order chi connectivity index (χ1) is 21.0. The van der Waals surface area contributed by atoms with Crippen LogP contribution >= 0.6 is 0 Å². The topological polar surface area (TPSA) is 130 Å². The van der Waals surface area contributed by atoms with Crippen molar-refractivity contribution < 1.29 is 23.4 Å². The quantitative estimate of drug-likeness (QED) is 0.205. The molecule has 0 aliphatic carbocycles. The molecule has 11 nitrogen and oxygen atoms in total. The van der Waals surface area contributed by atoms with Gasteiger partial charge in [-0.2, -0.15) is 5.10 Å². The first-order valence-corrected chi connectivity index (χ1v) is 15.2. The molecule has 5 heterocycles. The van der Waals surface area contributed by atoms with Gasteiger partial charge in [0.2, 0.25) is 0 Å². The zero-order valence-corrected chi connectivity index (χ0v) is 25.9. The Balaban J connectivity index is 1.38. The molecule has 0 radical (unpaired) electrons. The molecule has 2 aliphatic heterocycles. The summed E-state index contributed by atoms with van der Waals surface area (Å²) >= 11 is 0. The summed E-state index contributed by atoms with van der Waals surface area (Å²) in [6.07, 6.45) is 7.88. The monoisotopic (exact) mass is 601 g/mol. The lowest BCUT2D eigenvalue weighted by Gasteiger charge is -2.33. The van der Waals surface area contributed by atoms with E-state index in [-0.39, 0.29) is 28.7 Å². The van der Waals surface area contributed by atoms with E-state index in [2.05, 4.69) is 39.5 Å². The number of carbonyl (C=O) groups is 1. The van der Waals surface area contributed by atoms with Crippen molar-refractivity contribution >= 4 is 33.1 Å². The van der Waals surface area contributed by atoms with Crippen LogP contribution in [0.4, 0.5) is 10.2 Å². The van der Waals surface area contributed by atoms with E-state index in [1.165, 1.54) is 27.8 Å². The van der Waals surface area contributed by atoms with Crippen LogP contribution in [0.15, 0.2) is 35.1 Å². The highest BCUT2D eigenvalue weighted by atomic mass is 19.1. The molecule has 2 aliphatic rings. The largest absolute Gasteiger partial charge is 0.440 e. The predicted octanol–water partition coefficient (Wildman–Crippen LogP) is 1.89. The number of carbonyl (C=O) groups excluding carboxylic acids is 1. The van der Waals surface area contributed by atoms with E-state index >= 15 is 4.39 Å². The molecule has 0 saturated carbocycles. The summed E-state index contributed by atoms with van der Waals surface area (Å²) in [4.78, 5) is 24.9. The van der Waals surface area contributed by atoms with Crippen molar-refractivity contribution in [2.45, 2.75) is 63.6 Å². The van der Waals surface area contributed by atoms with Gasteiger partial charge in [0, 0.05) is 41.5 Å². The molecule has 1 atom stereocenters. The van der Waals surface area contributed by atoms with E-state index < -0.39 is 17.2 Å². The van der Waals surface area contributed by atoms with Gasteiger partial charge in [0.15, 0.2) is 33.0 Å². The summed E-state index contributed by atoms with van der Waals surface area (Å²) in [5.74, 6) is 1.10. The second-order valence-corrected chi connectivity index (χ2v) is 12.7. The molecule has 1 amide bonds. The maximum Gasteiger partial charge on any atom is 0.252 e. The number of benzene rings is 1. The normalized spacial score (nSPS) is 18.4. The number of aliphatic hydroxyl groups is 1. The molecule has 1 aromatic carbocycles. The van der Waals surface area contributed by atoms with Crippen LogP contribution in [-0.4, -0.2) is 95.1 Å². The number of likely N-dealkylation sites (tertiary alicyclic amines) is 1. The third-order valence-corrected chi connectivity index (χ3v) is 8.39. The number of amides is 1. The highest BCUT2D eigenvalue weighted by Gasteiger charge is 2.28. The molecule has 0 bridgehead atoms. The number of rotatable bonds is 8. The van der Waals surface area contributed by atoms with Crippen molar-refractivity contribution in [3.8, 4) is 22.5 Å². The van der Waals surface area contributed by atoms with Crippen LogP contribution in [0.25, 0.3) is 28.1 Å². The fourth-order valence-corrected chi connectivity index (χ4v) is 5.94. The Morgan fingerprint density at radius 3 is 2.61 bits per heavy atom. The van der Waals surface area contributed by atoms with Crippen molar-refractivity contribution in [1.29, 1.82) is 0 Å². The SMILES string of the molecule is BC(B)(O)NC(=O)c1cc(C)c(F)c(-c2cnn3cc(-c4cnc(C5CCN(C(C)C)CC5)o4)c(NC4CCOC4)nc23)c1. The molecule has 44 heavy (non-hydrogen) atoms. The summed E-state index contributed by atoms with van der Waals surface area (Å²) in [6.45, 7) is 9.25.